The van der Waals surface area contributed by atoms with Crippen LogP contribution in [0.25, 0.3) is 0 Å². The average molecular weight is 314 g/mol. The molecule has 0 aliphatic carbocycles. The molecule has 1 rings (SSSR count). The summed E-state index contributed by atoms with van der Waals surface area (Å²) in [5.41, 5.74) is -0.0615. The van der Waals surface area contributed by atoms with Gasteiger partial charge in [-0.3, -0.25) is 9.59 Å². The summed E-state index contributed by atoms with van der Waals surface area (Å²) in [6.07, 6.45) is 0. The Morgan fingerprint density at radius 2 is 2.00 bits per heavy atom. The lowest BCUT2D eigenvalue weighted by Crippen LogP contribution is -2.42. The molecule has 116 valence electrons. The van der Waals surface area contributed by atoms with Gasteiger partial charge in [-0.1, -0.05) is 38.4 Å². The molecule has 0 bridgehead atoms. The van der Waals surface area contributed by atoms with Crippen molar-refractivity contribution in [3.63, 3.8) is 0 Å². The highest BCUT2D eigenvalue weighted by atomic mass is 35.5. The van der Waals surface area contributed by atoms with Crippen LogP contribution in [0.1, 0.15) is 26.3 Å². The Morgan fingerprint density at radius 3 is 2.48 bits per heavy atom. The van der Waals surface area contributed by atoms with Gasteiger partial charge in [0.1, 0.15) is 11.7 Å². The number of amides is 1. The summed E-state index contributed by atoms with van der Waals surface area (Å²) in [7, 11) is 1.51. The molecular formula is C15H20ClNO4. The number of rotatable bonds is 5. The topological polar surface area (TPSA) is 75.6 Å². The van der Waals surface area contributed by atoms with Gasteiger partial charge in [-0.05, 0) is 17.5 Å². The summed E-state index contributed by atoms with van der Waals surface area (Å²) in [6, 6.07) is 5.15. The van der Waals surface area contributed by atoms with E-state index >= 15 is 0 Å². The number of ether oxygens (including phenoxy) is 1. The van der Waals surface area contributed by atoms with Gasteiger partial charge in [0.05, 0.1) is 7.11 Å². The van der Waals surface area contributed by atoms with E-state index in [0.717, 1.165) is 0 Å². The third-order valence-corrected chi connectivity index (χ3v) is 3.46. The average Bonchev–Trinajstić information content (AvgIpc) is 2.34. The van der Waals surface area contributed by atoms with Gasteiger partial charge in [-0.25, -0.2) is 0 Å². The molecule has 0 radical (unpaired) electrons. The lowest BCUT2D eigenvalue weighted by Gasteiger charge is -2.26. The summed E-state index contributed by atoms with van der Waals surface area (Å²) in [4.78, 5) is 23.4. The monoisotopic (exact) mass is 313 g/mol. The summed E-state index contributed by atoms with van der Waals surface area (Å²) < 4.78 is 5.18. The molecule has 1 atom stereocenters. The number of carbonyl (C=O) groups is 2. The van der Waals surface area contributed by atoms with Crippen LogP contribution < -0.4 is 10.1 Å². The molecule has 0 fully saturated rings. The third kappa shape index (κ3) is 4.36. The van der Waals surface area contributed by atoms with Crippen LogP contribution in [0.2, 0.25) is 5.02 Å². The van der Waals surface area contributed by atoms with E-state index in [0.29, 0.717) is 16.3 Å². The van der Waals surface area contributed by atoms with Crippen LogP contribution in [-0.4, -0.2) is 24.1 Å². The fourth-order valence-electron chi connectivity index (χ4n) is 2.06. The molecule has 1 aromatic rings. The Morgan fingerprint density at radius 1 is 1.38 bits per heavy atom. The van der Waals surface area contributed by atoms with Crippen LogP contribution >= 0.6 is 11.6 Å². The molecule has 1 amide bonds. The predicted octanol–water partition coefficient (Wildman–Crippen LogP) is 2.71. The highest BCUT2D eigenvalue weighted by molar-refractivity contribution is 6.31. The molecule has 0 saturated carbocycles. The number of aliphatic carboxylic acids is 1. The van der Waals surface area contributed by atoms with Gasteiger partial charge in [0.2, 0.25) is 5.91 Å². The maximum Gasteiger partial charge on any atom is 0.316 e. The van der Waals surface area contributed by atoms with Crippen molar-refractivity contribution in [1.29, 1.82) is 0 Å². The van der Waals surface area contributed by atoms with Crippen molar-refractivity contribution in [3.8, 4) is 5.75 Å². The van der Waals surface area contributed by atoms with E-state index in [1.165, 1.54) is 7.11 Å². The first-order valence-corrected chi connectivity index (χ1v) is 6.88. The van der Waals surface area contributed by atoms with Crippen molar-refractivity contribution in [3.05, 3.63) is 28.8 Å². The fraction of sp³-hybridized carbons (Fsp3) is 0.467. The SMILES string of the molecule is COc1cccc(Cl)c1CNC(=O)C(C(=O)O)C(C)(C)C. The van der Waals surface area contributed by atoms with E-state index in [1.54, 1.807) is 39.0 Å². The molecular weight excluding hydrogens is 294 g/mol. The number of hydrogen-bond donors (Lipinski definition) is 2. The summed E-state index contributed by atoms with van der Waals surface area (Å²) in [5.74, 6) is -2.28. The van der Waals surface area contributed by atoms with Crippen LogP contribution in [0.3, 0.4) is 0 Å². The number of hydrogen-bond acceptors (Lipinski definition) is 3. The Kier molecular flexibility index (Phi) is 5.61. The highest BCUT2D eigenvalue weighted by Crippen LogP contribution is 2.28. The van der Waals surface area contributed by atoms with Crippen molar-refractivity contribution < 1.29 is 19.4 Å². The Bertz CT molecular complexity index is 537. The first kappa shape index (κ1) is 17.3. The van der Waals surface area contributed by atoms with Crippen molar-refractivity contribution >= 4 is 23.5 Å². The minimum Gasteiger partial charge on any atom is -0.496 e. The van der Waals surface area contributed by atoms with E-state index in [2.05, 4.69) is 5.32 Å². The molecule has 6 heteroatoms. The van der Waals surface area contributed by atoms with Crippen LogP contribution in [0.4, 0.5) is 0 Å². The second-order valence-electron chi connectivity index (χ2n) is 5.78. The molecule has 2 N–H and O–H groups in total. The van der Waals surface area contributed by atoms with E-state index < -0.39 is 23.2 Å². The quantitative estimate of drug-likeness (QED) is 0.820. The first-order chi connectivity index (χ1) is 9.68. The molecule has 0 aliphatic heterocycles. The van der Waals surface area contributed by atoms with Crippen LogP contribution in [0.5, 0.6) is 5.75 Å². The lowest BCUT2D eigenvalue weighted by atomic mass is 9.80. The Balaban J connectivity index is 2.88. The molecule has 5 nitrogen and oxygen atoms in total. The van der Waals surface area contributed by atoms with Crippen molar-refractivity contribution in [2.24, 2.45) is 11.3 Å². The number of methoxy groups -OCH3 is 1. The Labute approximate surface area is 129 Å². The second-order valence-corrected chi connectivity index (χ2v) is 6.18. The van der Waals surface area contributed by atoms with Gasteiger partial charge >= 0.3 is 5.97 Å². The number of carboxylic acids is 1. The molecule has 0 aromatic heterocycles. The van der Waals surface area contributed by atoms with Gasteiger partial charge < -0.3 is 15.2 Å². The van der Waals surface area contributed by atoms with Crippen molar-refractivity contribution in [1.82, 2.24) is 5.32 Å². The second kappa shape index (κ2) is 6.80. The number of benzene rings is 1. The van der Waals surface area contributed by atoms with Crippen LogP contribution in [0, 0.1) is 11.3 Å². The zero-order valence-electron chi connectivity index (χ0n) is 12.6. The summed E-state index contributed by atoms with van der Waals surface area (Å²) in [5, 5.41) is 12.3. The molecule has 0 saturated heterocycles. The predicted molar refractivity (Wildman–Crippen MR) is 80.4 cm³/mol. The van der Waals surface area contributed by atoms with E-state index in [-0.39, 0.29) is 6.54 Å². The van der Waals surface area contributed by atoms with Gasteiger partial charge in [0.25, 0.3) is 0 Å². The normalized spacial score (nSPS) is 12.6. The van der Waals surface area contributed by atoms with Gasteiger partial charge in [0.15, 0.2) is 0 Å². The summed E-state index contributed by atoms with van der Waals surface area (Å²) in [6.45, 7) is 5.24. The van der Waals surface area contributed by atoms with Gasteiger partial charge in [-0.15, -0.1) is 0 Å². The van der Waals surface area contributed by atoms with Crippen LogP contribution in [0.15, 0.2) is 18.2 Å². The van der Waals surface area contributed by atoms with Crippen LogP contribution in [-0.2, 0) is 16.1 Å². The maximum atomic E-state index is 12.1. The summed E-state index contributed by atoms with van der Waals surface area (Å²) >= 11 is 6.08. The Hall–Kier alpha value is -1.75. The molecule has 1 unspecified atom stereocenters. The third-order valence-electron chi connectivity index (χ3n) is 3.11. The number of nitrogens with one attached hydrogen (secondary N) is 1. The molecule has 1 aromatic carbocycles. The zero-order valence-corrected chi connectivity index (χ0v) is 13.3. The molecule has 0 aliphatic rings. The number of halogens is 1. The van der Waals surface area contributed by atoms with Gasteiger partial charge in [0, 0.05) is 17.1 Å². The standard InChI is InChI=1S/C15H20ClNO4/c1-15(2,3)12(14(19)20)13(18)17-8-9-10(16)6-5-7-11(9)21-4/h5-7,12H,8H2,1-4H3,(H,17,18)(H,19,20). The molecule has 0 spiro atoms. The highest BCUT2D eigenvalue weighted by Gasteiger charge is 2.37. The molecule has 21 heavy (non-hydrogen) atoms. The number of carbonyl (C=O) groups excluding carboxylic acids is 1. The number of carboxylic acid groups (broad SMARTS) is 1. The van der Waals surface area contributed by atoms with E-state index in [9.17, 15) is 14.7 Å². The van der Waals surface area contributed by atoms with E-state index in [4.69, 9.17) is 16.3 Å². The minimum atomic E-state index is -1.15. The largest absolute Gasteiger partial charge is 0.496 e. The zero-order chi connectivity index (χ0) is 16.2. The minimum absolute atomic E-state index is 0.113. The smallest absolute Gasteiger partial charge is 0.316 e. The maximum absolute atomic E-state index is 12.1. The molecule has 0 heterocycles. The lowest BCUT2D eigenvalue weighted by molar-refractivity contribution is -0.151. The first-order valence-electron chi connectivity index (χ1n) is 6.50. The van der Waals surface area contributed by atoms with Crippen molar-refractivity contribution in [2.75, 3.05) is 7.11 Å². The van der Waals surface area contributed by atoms with E-state index in [1.807, 2.05) is 0 Å². The fourth-order valence-corrected chi connectivity index (χ4v) is 2.29. The van der Waals surface area contributed by atoms with Crippen molar-refractivity contribution in [2.45, 2.75) is 27.3 Å². The van der Waals surface area contributed by atoms with Gasteiger partial charge in [-0.2, -0.15) is 0 Å².